The Bertz CT molecular complexity index is 1210. The van der Waals surface area contributed by atoms with Crippen molar-refractivity contribution in [2.45, 2.75) is 25.7 Å². The molecule has 3 N–H and O–H groups in total. The van der Waals surface area contributed by atoms with Crippen LogP contribution < -0.4 is 30.3 Å². The summed E-state index contributed by atoms with van der Waals surface area (Å²) in [7, 11) is 3.09. The molecule has 0 radical (unpaired) electrons. The molecule has 0 spiro atoms. The molecule has 1 saturated heterocycles. The van der Waals surface area contributed by atoms with Crippen LogP contribution in [0.2, 0.25) is 0 Å². The van der Waals surface area contributed by atoms with E-state index in [1.165, 1.54) is 19.1 Å². The Kier molecular flexibility index (Phi) is 8.86. The van der Waals surface area contributed by atoms with Crippen molar-refractivity contribution in [2.24, 2.45) is 0 Å². The molecule has 3 aromatic carbocycles. The number of urea groups is 1. The van der Waals surface area contributed by atoms with Crippen LogP contribution in [0.25, 0.3) is 0 Å². The summed E-state index contributed by atoms with van der Waals surface area (Å²) in [5.41, 5.74) is 3.64. The molecule has 1 fully saturated rings. The summed E-state index contributed by atoms with van der Waals surface area (Å²) < 4.78 is 10.6. The van der Waals surface area contributed by atoms with E-state index >= 15 is 0 Å². The quantitative estimate of drug-likeness (QED) is 0.369. The number of nitrogens with zero attached hydrogens (tertiary/aromatic N) is 1. The third kappa shape index (κ3) is 6.94. The maximum absolute atomic E-state index is 13.3. The maximum atomic E-state index is 13.3. The van der Waals surface area contributed by atoms with E-state index in [2.05, 4.69) is 20.9 Å². The van der Waals surface area contributed by atoms with Gasteiger partial charge in [-0.25, -0.2) is 4.79 Å². The number of amides is 3. The monoisotopic (exact) mass is 502 g/mol. The zero-order valence-corrected chi connectivity index (χ0v) is 21.4. The first-order valence-electron chi connectivity index (χ1n) is 12.6. The van der Waals surface area contributed by atoms with Gasteiger partial charge in [0.15, 0.2) is 0 Å². The van der Waals surface area contributed by atoms with Gasteiger partial charge in [0.05, 0.1) is 25.5 Å². The van der Waals surface area contributed by atoms with Gasteiger partial charge in [0, 0.05) is 37.1 Å². The molecule has 1 aliphatic heterocycles. The van der Waals surface area contributed by atoms with Crippen LogP contribution >= 0.6 is 0 Å². The van der Waals surface area contributed by atoms with Crippen LogP contribution in [-0.4, -0.2) is 45.8 Å². The maximum Gasteiger partial charge on any atom is 0.323 e. The molecule has 194 valence electrons. The van der Waals surface area contributed by atoms with Crippen LogP contribution in [0.5, 0.6) is 11.5 Å². The first-order chi connectivity index (χ1) is 18.1. The van der Waals surface area contributed by atoms with Gasteiger partial charge in [-0.1, -0.05) is 30.3 Å². The lowest BCUT2D eigenvalue weighted by molar-refractivity contribution is 0.0954. The van der Waals surface area contributed by atoms with Gasteiger partial charge < -0.3 is 30.3 Å². The molecule has 3 aromatic rings. The van der Waals surface area contributed by atoms with Crippen molar-refractivity contribution >= 4 is 29.0 Å². The lowest BCUT2D eigenvalue weighted by atomic mass is 10.1. The number of carbonyl (C=O) groups is 2. The summed E-state index contributed by atoms with van der Waals surface area (Å²) in [4.78, 5) is 28.3. The van der Waals surface area contributed by atoms with Crippen LogP contribution in [0.3, 0.4) is 0 Å². The van der Waals surface area contributed by atoms with Crippen molar-refractivity contribution in [2.75, 3.05) is 49.4 Å². The fourth-order valence-corrected chi connectivity index (χ4v) is 4.45. The summed E-state index contributed by atoms with van der Waals surface area (Å²) in [6.45, 7) is 2.35. The third-order valence-corrected chi connectivity index (χ3v) is 6.39. The number of hydrogen-bond donors (Lipinski definition) is 3. The van der Waals surface area contributed by atoms with Gasteiger partial charge in [-0.2, -0.15) is 0 Å². The topological polar surface area (TPSA) is 91.9 Å². The smallest absolute Gasteiger partial charge is 0.323 e. The zero-order valence-electron chi connectivity index (χ0n) is 21.4. The van der Waals surface area contributed by atoms with Gasteiger partial charge in [0.2, 0.25) is 0 Å². The highest BCUT2D eigenvalue weighted by Crippen LogP contribution is 2.30. The van der Waals surface area contributed by atoms with Crippen LogP contribution in [0.4, 0.5) is 21.9 Å². The Morgan fingerprint density at radius 1 is 0.865 bits per heavy atom. The molecule has 37 heavy (non-hydrogen) atoms. The van der Waals surface area contributed by atoms with Crippen LogP contribution in [0, 0.1) is 0 Å². The van der Waals surface area contributed by atoms with Gasteiger partial charge in [-0.05, 0) is 61.6 Å². The van der Waals surface area contributed by atoms with Crippen molar-refractivity contribution < 1.29 is 19.1 Å². The van der Waals surface area contributed by atoms with Gasteiger partial charge in [0.25, 0.3) is 5.91 Å². The first-order valence-corrected chi connectivity index (χ1v) is 12.6. The molecule has 8 nitrogen and oxygen atoms in total. The Morgan fingerprint density at radius 2 is 1.65 bits per heavy atom. The average molecular weight is 503 g/mol. The summed E-state index contributed by atoms with van der Waals surface area (Å²) >= 11 is 0. The van der Waals surface area contributed by atoms with Crippen molar-refractivity contribution in [1.82, 2.24) is 5.32 Å². The van der Waals surface area contributed by atoms with E-state index in [0.717, 1.165) is 38.0 Å². The fraction of sp³-hybridized carbons (Fsp3) is 0.310. The molecule has 1 heterocycles. The second kappa shape index (κ2) is 12.7. The van der Waals surface area contributed by atoms with Gasteiger partial charge in [0.1, 0.15) is 11.5 Å². The van der Waals surface area contributed by atoms with Crippen molar-refractivity contribution in [3.63, 3.8) is 0 Å². The number of piperidine rings is 1. The molecular formula is C29H34N4O4. The molecular weight excluding hydrogens is 468 g/mol. The van der Waals surface area contributed by atoms with Crippen LogP contribution in [-0.2, 0) is 6.42 Å². The molecule has 4 rings (SSSR count). The zero-order chi connectivity index (χ0) is 26.0. The number of carbonyl (C=O) groups excluding carboxylic acids is 2. The second-order valence-electron chi connectivity index (χ2n) is 8.92. The fourth-order valence-electron chi connectivity index (χ4n) is 4.45. The number of anilines is 3. The number of rotatable bonds is 9. The predicted octanol–water partition coefficient (Wildman–Crippen LogP) is 5.31. The molecule has 1 aliphatic rings. The Balaban J connectivity index is 1.48. The van der Waals surface area contributed by atoms with Gasteiger partial charge >= 0.3 is 6.03 Å². The SMILES string of the molecule is COc1ccc(NC(=O)Nc2ccc(N3CCCCC3)c(C(=O)NCCc3ccccc3)c2)c(OC)c1. The highest BCUT2D eigenvalue weighted by atomic mass is 16.5. The van der Waals surface area contributed by atoms with Crippen molar-refractivity contribution in [1.29, 1.82) is 0 Å². The van der Waals surface area contributed by atoms with E-state index in [4.69, 9.17) is 9.47 Å². The largest absolute Gasteiger partial charge is 0.497 e. The average Bonchev–Trinajstić information content (AvgIpc) is 2.94. The first kappa shape index (κ1) is 25.9. The van der Waals surface area contributed by atoms with E-state index in [9.17, 15) is 9.59 Å². The molecule has 3 amide bonds. The minimum absolute atomic E-state index is 0.155. The number of ether oxygens (including phenoxy) is 2. The van der Waals surface area contributed by atoms with E-state index in [1.807, 2.05) is 42.5 Å². The number of nitrogens with one attached hydrogen (secondary N) is 3. The number of methoxy groups -OCH3 is 2. The highest BCUT2D eigenvalue weighted by molar-refractivity contribution is 6.04. The minimum atomic E-state index is -0.440. The van der Waals surface area contributed by atoms with Crippen LogP contribution in [0.15, 0.2) is 66.7 Å². The Morgan fingerprint density at radius 3 is 2.38 bits per heavy atom. The highest BCUT2D eigenvalue weighted by Gasteiger charge is 2.20. The summed E-state index contributed by atoms with van der Waals surface area (Å²) in [5, 5.41) is 8.69. The molecule has 0 aromatic heterocycles. The standard InChI is InChI=1S/C29H34N4O4/c1-36-23-12-13-25(27(20-23)37-2)32-29(35)31-22-11-14-26(33-17-7-4-8-18-33)24(19-22)28(34)30-16-15-21-9-5-3-6-10-21/h3,5-6,9-14,19-20H,4,7-8,15-18H2,1-2H3,(H,30,34)(H2,31,32,35). The van der Waals surface area contributed by atoms with E-state index < -0.39 is 6.03 Å². The van der Waals surface area contributed by atoms with Crippen molar-refractivity contribution in [3.8, 4) is 11.5 Å². The van der Waals surface area contributed by atoms with E-state index in [1.54, 1.807) is 31.4 Å². The molecule has 0 unspecified atom stereocenters. The van der Waals surface area contributed by atoms with Gasteiger partial charge in [-0.15, -0.1) is 0 Å². The molecule has 0 atom stereocenters. The predicted molar refractivity (Wildman–Crippen MR) is 147 cm³/mol. The minimum Gasteiger partial charge on any atom is -0.497 e. The van der Waals surface area contributed by atoms with Crippen molar-refractivity contribution in [3.05, 3.63) is 77.9 Å². The summed E-state index contributed by atoms with van der Waals surface area (Å²) in [5.74, 6) is 0.949. The lowest BCUT2D eigenvalue weighted by Crippen LogP contribution is -2.33. The molecule has 0 saturated carbocycles. The molecule has 8 heteroatoms. The van der Waals surface area contributed by atoms with Crippen LogP contribution in [0.1, 0.15) is 35.2 Å². The summed E-state index contributed by atoms with van der Waals surface area (Å²) in [6, 6.07) is 20.3. The van der Waals surface area contributed by atoms with E-state index in [0.29, 0.717) is 35.0 Å². The number of benzene rings is 3. The molecule has 0 aliphatic carbocycles. The summed E-state index contributed by atoms with van der Waals surface area (Å²) in [6.07, 6.45) is 4.14. The van der Waals surface area contributed by atoms with Gasteiger partial charge in [-0.3, -0.25) is 4.79 Å². The third-order valence-electron chi connectivity index (χ3n) is 6.39. The molecule has 0 bridgehead atoms. The lowest BCUT2D eigenvalue weighted by Gasteiger charge is -2.30. The Hall–Kier alpha value is -4.20. The van der Waals surface area contributed by atoms with E-state index in [-0.39, 0.29) is 5.91 Å². The number of hydrogen-bond acceptors (Lipinski definition) is 5. The second-order valence-corrected chi connectivity index (χ2v) is 8.92. The normalized spacial score (nSPS) is 13.0. The Labute approximate surface area is 218 Å².